The van der Waals surface area contributed by atoms with Gasteiger partial charge in [-0.05, 0) is 48.5 Å². The van der Waals surface area contributed by atoms with Gasteiger partial charge in [0, 0.05) is 22.8 Å². The Morgan fingerprint density at radius 1 is 0.793 bits per heavy atom. The first-order valence-corrected chi connectivity index (χ1v) is 9.10. The number of hydrogen-bond acceptors (Lipinski definition) is 4. The van der Waals surface area contributed by atoms with E-state index in [1.165, 1.54) is 7.11 Å². The third kappa shape index (κ3) is 3.58. The number of aromatic nitrogens is 1. The zero-order valence-electron chi connectivity index (χ0n) is 15.8. The summed E-state index contributed by atoms with van der Waals surface area (Å²) in [6.07, 6.45) is 1.71. The van der Waals surface area contributed by atoms with Crippen LogP contribution in [0.15, 0.2) is 91.1 Å². The summed E-state index contributed by atoms with van der Waals surface area (Å²) in [7, 11) is 1.34. The number of benzene rings is 3. The van der Waals surface area contributed by atoms with Gasteiger partial charge in [0.1, 0.15) is 0 Å². The van der Waals surface area contributed by atoms with Crippen molar-refractivity contribution in [3.8, 4) is 0 Å². The van der Waals surface area contributed by atoms with Gasteiger partial charge in [-0.15, -0.1) is 0 Å². The van der Waals surface area contributed by atoms with Gasteiger partial charge < -0.3 is 4.74 Å². The molecule has 0 bridgehead atoms. The smallest absolute Gasteiger partial charge is 0.337 e. The van der Waals surface area contributed by atoms with E-state index in [9.17, 15) is 9.59 Å². The molecule has 0 aliphatic rings. The number of methoxy groups -OCH3 is 1. The Morgan fingerprint density at radius 3 is 2.24 bits per heavy atom. The number of nitrogens with zero attached hydrogens (tertiary/aromatic N) is 2. The molecule has 0 unspecified atom stereocenters. The van der Waals surface area contributed by atoms with E-state index in [-0.39, 0.29) is 5.91 Å². The molecule has 0 fully saturated rings. The number of anilines is 2. The van der Waals surface area contributed by atoms with Crippen LogP contribution >= 0.6 is 0 Å². The van der Waals surface area contributed by atoms with Crippen LogP contribution in [0.1, 0.15) is 20.7 Å². The number of ether oxygens (including phenoxy) is 1. The quantitative estimate of drug-likeness (QED) is 0.466. The molecule has 3 aromatic carbocycles. The first-order chi connectivity index (χ1) is 14.2. The lowest BCUT2D eigenvalue weighted by molar-refractivity contribution is 0.0600. The molecule has 0 aliphatic carbocycles. The average molecular weight is 382 g/mol. The second-order valence-corrected chi connectivity index (χ2v) is 6.40. The summed E-state index contributed by atoms with van der Waals surface area (Å²) in [6.45, 7) is 0. The Hall–Kier alpha value is -3.99. The van der Waals surface area contributed by atoms with E-state index in [4.69, 9.17) is 4.74 Å². The highest BCUT2D eigenvalue weighted by Crippen LogP contribution is 2.33. The number of esters is 1. The highest BCUT2D eigenvalue weighted by Gasteiger charge is 2.22. The van der Waals surface area contributed by atoms with E-state index < -0.39 is 5.97 Å². The molecular weight excluding hydrogens is 364 g/mol. The van der Waals surface area contributed by atoms with Crippen molar-refractivity contribution in [2.45, 2.75) is 0 Å². The predicted molar refractivity (Wildman–Crippen MR) is 112 cm³/mol. The second-order valence-electron chi connectivity index (χ2n) is 6.40. The number of hydrogen-bond donors (Lipinski definition) is 0. The van der Waals surface area contributed by atoms with Gasteiger partial charge in [0.25, 0.3) is 5.91 Å². The predicted octanol–water partition coefficient (Wildman–Crippen LogP) is 5.00. The number of carbonyl (C=O) groups excluding carboxylic acids is 2. The molecule has 1 heterocycles. The molecule has 0 radical (unpaired) electrons. The van der Waals surface area contributed by atoms with E-state index >= 15 is 0 Å². The van der Waals surface area contributed by atoms with Crippen LogP contribution in [0.2, 0.25) is 0 Å². The normalized spacial score (nSPS) is 10.5. The zero-order chi connectivity index (χ0) is 20.2. The van der Waals surface area contributed by atoms with Gasteiger partial charge in [0.2, 0.25) is 0 Å². The van der Waals surface area contributed by atoms with Gasteiger partial charge >= 0.3 is 5.97 Å². The second kappa shape index (κ2) is 7.94. The summed E-state index contributed by atoms with van der Waals surface area (Å²) in [4.78, 5) is 31.4. The summed E-state index contributed by atoms with van der Waals surface area (Å²) < 4.78 is 4.77. The minimum Gasteiger partial charge on any atom is -0.465 e. The van der Waals surface area contributed by atoms with Crippen molar-refractivity contribution in [2.75, 3.05) is 12.0 Å². The van der Waals surface area contributed by atoms with Crippen LogP contribution in [0, 0.1) is 0 Å². The molecule has 5 nitrogen and oxygen atoms in total. The molecule has 1 amide bonds. The minimum absolute atomic E-state index is 0.186. The molecule has 0 saturated carbocycles. The Bertz CT molecular complexity index is 1170. The SMILES string of the molecule is COC(=O)c1ccc(N(C(=O)c2ccccc2)c2cccc3cccnc23)cc1. The van der Waals surface area contributed by atoms with Crippen molar-refractivity contribution in [1.82, 2.24) is 4.98 Å². The van der Waals surface area contributed by atoms with E-state index in [1.54, 1.807) is 47.5 Å². The van der Waals surface area contributed by atoms with Crippen LogP contribution in [0.5, 0.6) is 0 Å². The fraction of sp³-hybridized carbons (Fsp3) is 0.0417. The van der Waals surface area contributed by atoms with Crippen molar-refractivity contribution in [3.05, 3.63) is 102 Å². The summed E-state index contributed by atoms with van der Waals surface area (Å²) in [5.41, 5.74) is 2.99. The maximum atomic E-state index is 13.5. The largest absolute Gasteiger partial charge is 0.465 e. The van der Waals surface area contributed by atoms with Crippen LogP contribution in [0.3, 0.4) is 0 Å². The van der Waals surface area contributed by atoms with Crippen molar-refractivity contribution < 1.29 is 14.3 Å². The van der Waals surface area contributed by atoms with Gasteiger partial charge in [-0.1, -0.05) is 36.4 Å². The Morgan fingerprint density at radius 2 is 1.52 bits per heavy atom. The molecule has 29 heavy (non-hydrogen) atoms. The molecule has 4 rings (SSSR count). The van der Waals surface area contributed by atoms with Gasteiger partial charge in [0.05, 0.1) is 23.9 Å². The van der Waals surface area contributed by atoms with Gasteiger partial charge in [-0.2, -0.15) is 0 Å². The molecule has 0 atom stereocenters. The lowest BCUT2D eigenvalue weighted by atomic mass is 10.1. The zero-order valence-corrected chi connectivity index (χ0v) is 15.8. The average Bonchev–Trinajstić information content (AvgIpc) is 2.80. The summed E-state index contributed by atoms with van der Waals surface area (Å²) in [6, 6.07) is 25.4. The molecule has 0 aliphatic heterocycles. The molecule has 1 aromatic heterocycles. The molecule has 5 heteroatoms. The maximum absolute atomic E-state index is 13.5. The summed E-state index contributed by atoms with van der Waals surface area (Å²) >= 11 is 0. The van der Waals surface area contributed by atoms with E-state index in [2.05, 4.69) is 4.98 Å². The fourth-order valence-corrected chi connectivity index (χ4v) is 3.21. The fourth-order valence-electron chi connectivity index (χ4n) is 3.21. The third-order valence-electron chi connectivity index (χ3n) is 4.62. The molecule has 0 N–H and O–H groups in total. The van der Waals surface area contributed by atoms with Crippen molar-refractivity contribution in [1.29, 1.82) is 0 Å². The molecule has 142 valence electrons. The lowest BCUT2D eigenvalue weighted by Gasteiger charge is -2.24. The van der Waals surface area contributed by atoms with Crippen molar-refractivity contribution in [3.63, 3.8) is 0 Å². The number of fused-ring (bicyclic) bond motifs is 1. The van der Waals surface area contributed by atoms with Crippen LogP contribution in [-0.4, -0.2) is 24.0 Å². The van der Waals surface area contributed by atoms with Crippen molar-refractivity contribution in [2.24, 2.45) is 0 Å². The van der Waals surface area contributed by atoms with Crippen molar-refractivity contribution >= 4 is 34.2 Å². The number of rotatable bonds is 4. The van der Waals surface area contributed by atoms with E-state index in [0.29, 0.717) is 22.5 Å². The topological polar surface area (TPSA) is 59.5 Å². The molecule has 0 spiro atoms. The van der Waals surface area contributed by atoms with E-state index in [1.807, 2.05) is 48.5 Å². The number of amides is 1. The first kappa shape index (κ1) is 18.4. The highest BCUT2D eigenvalue weighted by atomic mass is 16.5. The van der Waals surface area contributed by atoms with Gasteiger partial charge in [-0.3, -0.25) is 14.7 Å². The minimum atomic E-state index is -0.427. The number of para-hydroxylation sites is 1. The lowest BCUT2D eigenvalue weighted by Crippen LogP contribution is -2.26. The molecule has 0 saturated heterocycles. The summed E-state index contributed by atoms with van der Waals surface area (Å²) in [5, 5.41) is 0.932. The Kier molecular flexibility index (Phi) is 5.03. The van der Waals surface area contributed by atoms with Crippen LogP contribution in [-0.2, 0) is 4.74 Å². The van der Waals surface area contributed by atoms with Crippen LogP contribution in [0.25, 0.3) is 10.9 Å². The third-order valence-corrected chi connectivity index (χ3v) is 4.62. The first-order valence-electron chi connectivity index (χ1n) is 9.10. The highest BCUT2D eigenvalue weighted by molar-refractivity contribution is 6.14. The van der Waals surface area contributed by atoms with E-state index in [0.717, 1.165) is 10.9 Å². The molecular formula is C24H18N2O3. The number of pyridine rings is 1. The van der Waals surface area contributed by atoms with Gasteiger partial charge in [-0.25, -0.2) is 4.79 Å². The Labute approximate surface area is 168 Å². The summed E-state index contributed by atoms with van der Waals surface area (Å²) in [5.74, 6) is -0.612. The van der Waals surface area contributed by atoms with Crippen LogP contribution in [0.4, 0.5) is 11.4 Å². The maximum Gasteiger partial charge on any atom is 0.337 e. The van der Waals surface area contributed by atoms with Crippen LogP contribution < -0.4 is 4.90 Å². The monoisotopic (exact) mass is 382 g/mol. The van der Waals surface area contributed by atoms with Gasteiger partial charge in [0.15, 0.2) is 0 Å². The standard InChI is InChI=1S/C24H18N2O3/c1-29-24(28)19-12-14-20(15-13-19)26(23(27)18-7-3-2-4-8-18)21-11-5-9-17-10-6-16-25-22(17)21/h2-16H,1H3. The Balaban J connectivity index is 1.88. The number of carbonyl (C=O) groups is 2. The molecule has 4 aromatic rings.